The third-order valence-corrected chi connectivity index (χ3v) is 2.95. The van der Waals surface area contributed by atoms with Crippen LogP contribution in [0.2, 0.25) is 0 Å². The van der Waals surface area contributed by atoms with E-state index in [1.165, 1.54) is 0 Å². The third kappa shape index (κ3) is 3.17. The van der Waals surface area contributed by atoms with E-state index in [2.05, 4.69) is 0 Å². The van der Waals surface area contributed by atoms with Crippen molar-refractivity contribution in [3.63, 3.8) is 0 Å². The number of hydrogen-bond acceptors (Lipinski definition) is 4. The molecule has 0 aromatic carbocycles. The van der Waals surface area contributed by atoms with Gasteiger partial charge in [0.05, 0.1) is 37.8 Å². The quantitative estimate of drug-likeness (QED) is 0.737. The predicted molar refractivity (Wildman–Crippen MR) is 61.1 cm³/mol. The molecule has 5 heteroatoms. The molecule has 1 fully saturated rings. The molecule has 3 unspecified atom stereocenters. The molecular weight excluding hydrogens is 208 g/mol. The zero-order valence-electron chi connectivity index (χ0n) is 10.3. The summed E-state index contributed by atoms with van der Waals surface area (Å²) in [6.45, 7) is 5.58. The molecule has 0 aromatic rings. The van der Waals surface area contributed by atoms with Gasteiger partial charge in [0, 0.05) is 13.7 Å². The van der Waals surface area contributed by atoms with Gasteiger partial charge in [-0.15, -0.1) is 0 Å². The number of rotatable bonds is 4. The second-order valence-electron chi connectivity index (χ2n) is 4.33. The van der Waals surface area contributed by atoms with Gasteiger partial charge in [0.15, 0.2) is 0 Å². The van der Waals surface area contributed by atoms with Crippen LogP contribution in [-0.2, 0) is 14.3 Å². The van der Waals surface area contributed by atoms with E-state index in [9.17, 15) is 4.79 Å². The summed E-state index contributed by atoms with van der Waals surface area (Å²) < 4.78 is 10.5. The first kappa shape index (κ1) is 13.4. The zero-order chi connectivity index (χ0) is 12.1. The summed E-state index contributed by atoms with van der Waals surface area (Å²) in [5.41, 5.74) is 5.51. The highest BCUT2D eigenvalue weighted by atomic mass is 16.5. The lowest BCUT2D eigenvalue weighted by Crippen LogP contribution is -2.53. The minimum atomic E-state index is -0.185. The maximum atomic E-state index is 12.1. The van der Waals surface area contributed by atoms with Gasteiger partial charge in [-0.3, -0.25) is 4.79 Å². The van der Waals surface area contributed by atoms with Crippen molar-refractivity contribution >= 4 is 5.91 Å². The van der Waals surface area contributed by atoms with Crippen LogP contribution in [0.3, 0.4) is 0 Å². The van der Waals surface area contributed by atoms with E-state index in [-0.39, 0.29) is 24.1 Å². The van der Waals surface area contributed by atoms with Gasteiger partial charge in [0.1, 0.15) is 0 Å². The van der Waals surface area contributed by atoms with Crippen LogP contribution in [0.5, 0.6) is 0 Å². The number of carbonyl (C=O) groups is 1. The second kappa shape index (κ2) is 6.18. The monoisotopic (exact) mass is 230 g/mol. The lowest BCUT2D eigenvalue weighted by molar-refractivity contribution is -0.146. The van der Waals surface area contributed by atoms with E-state index in [1.807, 2.05) is 18.7 Å². The van der Waals surface area contributed by atoms with Crippen LogP contribution < -0.4 is 5.73 Å². The highest BCUT2D eigenvalue weighted by molar-refractivity contribution is 5.77. The minimum Gasteiger partial charge on any atom is -0.380 e. The first-order valence-electron chi connectivity index (χ1n) is 5.71. The van der Waals surface area contributed by atoms with Crippen molar-refractivity contribution < 1.29 is 14.3 Å². The normalized spacial score (nSPS) is 27.9. The Balaban J connectivity index is 2.56. The van der Waals surface area contributed by atoms with Gasteiger partial charge in [0.2, 0.25) is 5.91 Å². The van der Waals surface area contributed by atoms with Gasteiger partial charge in [-0.25, -0.2) is 0 Å². The lowest BCUT2D eigenvalue weighted by atomic mass is 10.1. The van der Waals surface area contributed by atoms with Crippen LogP contribution in [-0.4, -0.2) is 55.9 Å². The van der Waals surface area contributed by atoms with Crippen LogP contribution in [0.1, 0.15) is 20.3 Å². The molecule has 16 heavy (non-hydrogen) atoms. The predicted octanol–water partition coefficient (Wildman–Crippen LogP) is -0.0140. The van der Waals surface area contributed by atoms with E-state index in [0.29, 0.717) is 26.2 Å². The van der Waals surface area contributed by atoms with Gasteiger partial charge in [0.25, 0.3) is 0 Å². The van der Waals surface area contributed by atoms with Crippen molar-refractivity contribution in [1.82, 2.24) is 4.90 Å². The number of nitrogens with zero attached hydrogens (tertiary/aromatic N) is 1. The van der Waals surface area contributed by atoms with Gasteiger partial charge in [-0.2, -0.15) is 0 Å². The summed E-state index contributed by atoms with van der Waals surface area (Å²) in [5.74, 6) is 0.0978. The summed E-state index contributed by atoms with van der Waals surface area (Å²) in [6.07, 6.45) is 0.163. The highest BCUT2D eigenvalue weighted by Gasteiger charge is 2.30. The molecule has 1 aliphatic rings. The number of ether oxygens (including phenoxy) is 2. The van der Waals surface area contributed by atoms with E-state index in [0.717, 1.165) is 0 Å². The van der Waals surface area contributed by atoms with Gasteiger partial charge in [-0.05, 0) is 13.8 Å². The topological polar surface area (TPSA) is 64.8 Å². The summed E-state index contributed by atoms with van der Waals surface area (Å²) in [6, 6.07) is 0.262. The maximum absolute atomic E-state index is 12.1. The van der Waals surface area contributed by atoms with Crippen LogP contribution in [0.25, 0.3) is 0 Å². The van der Waals surface area contributed by atoms with E-state index in [1.54, 1.807) is 7.11 Å². The van der Waals surface area contributed by atoms with Crippen LogP contribution in [0, 0.1) is 0 Å². The molecule has 1 amide bonds. The molecule has 0 radical (unpaired) electrons. The van der Waals surface area contributed by atoms with Gasteiger partial charge >= 0.3 is 0 Å². The summed E-state index contributed by atoms with van der Waals surface area (Å²) in [5, 5.41) is 0. The zero-order valence-corrected chi connectivity index (χ0v) is 10.3. The third-order valence-electron chi connectivity index (χ3n) is 2.95. The smallest absolute Gasteiger partial charge is 0.225 e. The number of methoxy groups -OCH3 is 1. The molecule has 94 valence electrons. The molecule has 1 rings (SSSR count). The first-order valence-corrected chi connectivity index (χ1v) is 5.71. The molecule has 5 nitrogen and oxygen atoms in total. The van der Waals surface area contributed by atoms with E-state index >= 15 is 0 Å². The van der Waals surface area contributed by atoms with E-state index in [4.69, 9.17) is 15.2 Å². The van der Waals surface area contributed by atoms with Crippen molar-refractivity contribution in [3.05, 3.63) is 0 Å². The molecule has 2 N–H and O–H groups in total. The summed E-state index contributed by atoms with van der Waals surface area (Å²) >= 11 is 0. The Morgan fingerprint density at radius 1 is 1.50 bits per heavy atom. The Morgan fingerprint density at radius 2 is 2.06 bits per heavy atom. The Hall–Kier alpha value is -0.650. The molecule has 1 aliphatic heterocycles. The lowest BCUT2D eigenvalue weighted by Gasteiger charge is -2.39. The fourth-order valence-electron chi connectivity index (χ4n) is 2.06. The fraction of sp³-hybridized carbons (Fsp3) is 0.909. The summed E-state index contributed by atoms with van der Waals surface area (Å²) in [7, 11) is 1.58. The van der Waals surface area contributed by atoms with E-state index < -0.39 is 0 Å². The maximum Gasteiger partial charge on any atom is 0.225 e. The molecule has 1 saturated heterocycles. The van der Waals surface area contributed by atoms with Crippen molar-refractivity contribution in [3.8, 4) is 0 Å². The molecule has 0 saturated carbocycles. The second-order valence-corrected chi connectivity index (χ2v) is 4.33. The summed E-state index contributed by atoms with van der Waals surface area (Å²) in [4.78, 5) is 14.0. The Bertz CT molecular complexity index is 221. The van der Waals surface area contributed by atoms with Crippen molar-refractivity contribution in [2.24, 2.45) is 5.73 Å². The molecule has 1 heterocycles. The molecule has 0 aliphatic carbocycles. The fourth-order valence-corrected chi connectivity index (χ4v) is 2.06. The number of hydrogen-bond donors (Lipinski definition) is 1. The largest absolute Gasteiger partial charge is 0.380 e. The molecule has 0 spiro atoms. The molecular formula is C11H22N2O3. The molecule has 0 bridgehead atoms. The number of amides is 1. The van der Waals surface area contributed by atoms with Crippen LogP contribution in [0.15, 0.2) is 0 Å². The SMILES string of the molecule is COC(CN)CC(=O)N1C(C)COCC1C. The first-order chi connectivity index (χ1) is 7.60. The van der Waals surface area contributed by atoms with Gasteiger partial charge in [-0.1, -0.05) is 0 Å². The van der Waals surface area contributed by atoms with Gasteiger partial charge < -0.3 is 20.1 Å². The average molecular weight is 230 g/mol. The number of carbonyl (C=O) groups excluding carboxylic acids is 1. The van der Waals surface area contributed by atoms with Crippen molar-refractivity contribution in [2.45, 2.75) is 38.5 Å². The standard InChI is InChI=1S/C11H22N2O3/c1-8-6-16-7-9(2)13(8)11(14)4-10(5-12)15-3/h8-10H,4-7,12H2,1-3H3. The van der Waals surface area contributed by atoms with Crippen LogP contribution in [0.4, 0.5) is 0 Å². The highest BCUT2D eigenvalue weighted by Crippen LogP contribution is 2.15. The van der Waals surface area contributed by atoms with Crippen molar-refractivity contribution in [2.75, 3.05) is 26.9 Å². The Morgan fingerprint density at radius 3 is 2.50 bits per heavy atom. The average Bonchev–Trinajstić information content (AvgIpc) is 2.25. The van der Waals surface area contributed by atoms with Crippen LogP contribution >= 0.6 is 0 Å². The Kier molecular flexibility index (Phi) is 5.18. The Labute approximate surface area is 96.9 Å². The minimum absolute atomic E-state index is 0.0978. The molecule has 0 aromatic heterocycles. The number of morpholine rings is 1. The number of nitrogens with two attached hydrogens (primary N) is 1. The van der Waals surface area contributed by atoms with Crippen molar-refractivity contribution in [1.29, 1.82) is 0 Å². The molecule has 3 atom stereocenters.